The molecular formula is C18H22F2N6O2S. The van der Waals surface area contributed by atoms with Crippen molar-refractivity contribution in [3.05, 3.63) is 36.8 Å². The zero-order chi connectivity index (χ0) is 21.0. The third-order valence-electron chi connectivity index (χ3n) is 4.71. The van der Waals surface area contributed by atoms with Gasteiger partial charge in [-0.3, -0.25) is 0 Å². The Morgan fingerprint density at radius 3 is 2.59 bits per heavy atom. The Morgan fingerprint density at radius 1 is 1.24 bits per heavy atom. The summed E-state index contributed by atoms with van der Waals surface area (Å²) >= 11 is 0. The molecule has 8 nitrogen and oxygen atoms in total. The molecule has 11 heteroatoms. The van der Waals surface area contributed by atoms with Crippen molar-refractivity contribution in [2.45, 2.75) is 23.0 Å². The van der Waals surface area contributed by atoms with Crippen LogP contribution in [0.4, 0.5) is 25.1 Å². The number of carbonyl (C=O) groups is 1. The number of piperidine rings is 1. The molecule has 1 saturated heterocycles. The number of pyridine rings is 1. The van der Waals surface area contributed by atoms with Crippen molar-refractivity contribution in [3.63, 3.8) is 0 Å². The fourth-order valence-electron chi connectivity index (χ4n) is 3.15. The summed E-state index contributed by atoms with van der Waals surface area (Å²) in [5, 5.41) is 6.53. The van der Waals surface area contributed by atoms with Crippen LogP contribution in [0, 0.1) is 5.92 Å². The predicted octanol–water partition coefficient (Wildman–Crippen LogP) is 2.58. The number of carbonyl (C=O) groups excluding carboxylic acids is 1. The lowest BCUT2D eigenvalue weighted by molar-refractivity contribution is 0.00507. The maximum atomic E-state index is 15.0. The minimum absolute atomic E-state index is 0.00728. The maximum Gasteiger partial charge on any atom is 0.328 e. The number of rotatable bonds is 5. The molecule has 1 unspecified atom stereocenters. The highest BCUT2D eigenvalue weighted by atomic mass is 32.2. The fourth-order valence-corrected chi connectivity index (χ4v) is 4.58. The van der Waals surface area contributed by atoms with Crippen LogP contribution in [0.3, 0.4) is 0 Å². The quantitative estimate of drug-likeness (QED) is 0.793. The van der Waals surface area contributed by atoms with Gasteiger partial charge >= 0.3 is 11.3 Å². The molecule has 1 atom stereocenters. The van der Waals surface area contributed by atoms with Gasteiger partial charge in [-0.05, 0) is 31.0 Å². The number of nitrogens with one attached hydrogen (secondary N) is 1. The molecule has 2 aromatic heterocycles. The maximum absolute atomic E-state index is 15.0. The van der Waals surface area contributed by atoms with Gasteiger partial charge in [0.05, 0.1) is 23.0 Å². The monoisotopic (exact) mass is 424 g/mol. The molecule has 0 saturated carbocycles. The summed E-state index contributed by atoms with van der Waals surface area (Å²) in [6.45, 7) is 0.296. The summed E-state index contributed by atoms with van der Waals surface area (Å²) in [6, 6.07) is 4.11. The molecule has 0 radical (unpaired) electrons. The molecule has 156 valence electrons. The van der Waals surface area contributed by atoms with Gasteiger partial charge in [0.1, 0.15) is 16.6 Å². The smallest absolute Gasteiger partial charge is 0.328 e. The topological polar surface area (TPSA) is 91.3 Å². The number of aromatic nitrogens is 3. The summed E-state index contributed by atoms with van der Waals surface area (Å²) < 4.78 is 42.8. The largest absolute Gasteiger partial charge is 0.362 e. The highest BCUT2D eigenvalue weighted by molar-refractivity contribution is 7.86. The number of halogens is 2. The molecule has 0 aliphatic carbocycles. The SMILES string of the molecule is CN(C)c1ncccc1S(=O)C(F)(F)C1CCN(C(=O)Nc2ccnnc2)CC1. The molecule has 1 aliphatic rings. The Labute approximate surface area is 169 Å². The van der Waals surface area contributed by atoms with E-state index in [1.165, 1.54) is 35.6 Å². The van der Waals surface area contributed by atoms with Gasteiger partial charge in [-0.1, -0.05) is 0 Å². The third-order valence-corrected chi connectivity index (χ3v) is 6.26. The molecule has 2 amide bonds. The number of amides is 2. The van der Waals surface area contributed by atoms with E-state index < -0.39 is 22.0 Å². The van der Waals surface area contributed by atoms with Gasteiger partial charge in [0.25, 0.3) is 0 Å². The van der Waals surface area contributed by atoms with Crippen LogP contribution in [0.25, 0.3) is 0 Å². The van der Waals surface area contributed by atoms with Gasteiger partial charge in [-0.15, -0.1) is 0 Å². The van der Waals surface area contributed by atoms with Crippen molar-refractivity contribution in [1.29, 1.82) is 0 Å². The van der Waals surface area contributed by atoms with Crippen molar-refractivity contribution in [2.75, 3.05) is 37.4 Å². The number of likely N-dealkylation sites (tertiary alicyclic amines) is 1. The van der Waals surface area contributed by atoms with Gasteiger partial charge in [0, 0.05) is 39.3 Å². The lowest BCUT2D eigenvalue weighted by atomic mass is 9.97. The lowest BCUT2D eigenvalue weighted by Crippen LogP contribution is -2.46. The molecule has 0 spiro atoms. The van der Waals surface area contributed by atoms with Crippen LogP contribution in [0.2, 0.25) is 0 Å². The van der Waals surface area contributed by atoms with Crippen LogP contribution in [-0.4, -0.2) is 62.8 Å². The van der Waals surface area contributed by atoms with Gasteiger partial charge in [0.15, 0.2) is 0 Å². The van der Waals surface area contributed by atoms with Crippen molar-refractivity contribution in [2.24, 2.45) is 5.92 Å². The summed E-state index contributed by atoms with van der Waals surface area (Å²) in [5.41, 5.74) is 0.478. The standard InChI is InChI=1S/C18H22F2N6O2S/c1-25(2)16-15(4-3-8-21-16)29(28)18(19,20)13-6-10-26(11-7-13)17(27)24-14-5-9-22-23-12-14/h3-5,8-9,12-13H,6-7,10-11H2,1-2H3,(H,22,24,27). The number of urea groups is 1. The van der Waals surface area contributed by atoms with Gasteiger partial charge < -0.3 is 15.1 Å². The van der Waals surface area contributed by atoms with Gasteiger partial charge in [0.2, 0.25) is 0 Å². The molecule has 3 heterocycles. The summed E-state index contributed by atoms with van der Waals surface area (Å²) in [5.74, 6) is -0.835. The van der Waals surface area contributed by atoms with Crippen molar-refractivity contribution in [1.82, 2.24) is 20.1 Å². The van der Waals surface area contributed by atoms with E-state index in [9.17, 15) is 9.00 Å². The van der Waals surface area contributed by atoms with Crippen LogP contribution in [0.1, 0.15) is 12.8 Å². The first kappa shape index (κ1) is 21.0. The first-order chi connectivity index (χ1) is 13.8. The van der Waals surface area contributed by atoms with E-state index >= 15 is 8.78 Å². The zero-order valence-electron chi connectivity index (χ0n) is 16.1. The van der Waals surface area contributed by atoms with Crippen LogP contribution in [0.5, 0.6) is 0 Å². The number of anilines is 2. The van der Waals surface area contributed by atoms with Crippen LogP contribution in [-0.2, 0) is 10.8 Å². The molecule has 1 fully saturated rings. The average Bonchev–Trinajstić information content (AvgIpc) is 2.74. The zero-order valence-corrected chi connectivity index (χ0v) is 16.9. The van der Waals surface area contributed by atoms with E-state index in [1.54, 1.807) is 25.1 Å². The van der Waals surface area contributed by atoms with Crippen LogP contribution < -0.4 is 10.2 Å². The molecular weight excluding hydrogens is 402 g/mol. The van der Waals surface area contributed by atoms with E-state index in [2.05, 4.69) is 20.5 Å². The van der Waals surface area contributed by atoms with E-state index in [4.69, 9.17) is 0 Å². The molecule has 0 bridgehead atoms. The van der Waals surface area contributed by atoms with Crippen molar-refractivity contribution in [3.8, 4) is 0 Å². The van der Waals surface area contributed by atoms with Gasteiger partial charge in [-0.2, -0.15) is 19.0 Å². The number of alkyl halides is 2. The Morgan fingerprint density at radius 2 is 1.97 bits per heavy atom. The molecule has 2 aromatic rings. The van der Waals surface area contributed by atoms with Crippen molar-refractivity contribution >= 4 is 28.3 Å². The van der Waals surface area contributed by atoms with Crippen molar-refractivity contribution < 1.29 is 17.8 Å². The second kappa shape index (κ2) is 8.76. The molecule has 0 aromatic carbocycles. The van der Waals surface area contributed by atoms with E-state index in [1.807, 2.05) is 0 Å². The highest BCUT2D eigenvalue weighted by Gasteiger charge is 2.48. The Balaban J connectivity index is 1.65. The first-order valence-electron chi connectivity index (χ1n) is 9.05. The Kier molecular flexibility index (Phi) is 6.36. The number of hydrogen-bond acceptors (Lipinski definition) is 6. The third kappa shape index (κ3) is 4.66. The minimum Gasteiger partial charge on any atom is -0.362 e. The predicted molar refractivity (Wildman–Crippen MR) is 105 cm³/mol. The second-order valence-electron chi connectivity index (χ2n) is 6.87. The molecule has 29 heavy (non-hydrogen) atoms. The highest BCUT2D eigenvalue weighted by Crippen LogP contribution is 2.40. The average molecular weight is 424 g/mol. The first-order valence-corrected chi connectivity index (χ1v) is 10.2. The Bertz CT molecular complexity index is 876. The molecule has 3 rings (SSSR count). The lowest BCUT2D eigenvalue weighted by Gasteiger charge is -2.35. The summed E-state index contributed by atoms with van der Waals surface area (Å²) in [4.78, 5) is 19.4. The minimum atomic E-state index is -3.43. The molecule has 1 aliphatic heterocycles. The Hall–Kier alpha value is -2.69. The molecule has 1 N–H and O–H groups in total. The van der Waals surface area contributed by atoms with E-state index in [0.717, 1.165) is 0 Å². The summed E-state index contributed by atoms with van der Waals surface area (Å²) in [6.07, 6.45) is 4.43. The normalized spacial score (nSPS) is 16.3. The van der Waals surface area contributed by atoms with E-state index in [-0.39, 0.29) is 42.7 Å². The van der Waals surface area contributed by atoms with Crippen LogP contribution >= 0.6 is 0 Å². The number of hydrogen-bond donors (Lipinski definition) is 1. The van der Waals surface area contributed by atoms with Crippen LogP contribution in [0.15, 0.2) is 41.7 Å². The fraction of sp³-hybridized carbons (Fsp3) is 0.444. The second-order valence-corrected chi connectivity index (χ2v) is 8.39. The number of nitrogens with zero attached hydrogens (tertiary/aromatic N) is 5. The summed E-state index contributed by atoms with van der Waals surface area (Å²) in [7, 11) is 0.778. The van der Waals surface area contributed by atoms with Gasteiger partial charge in [-0.25, -0.2) is 14.0 Å². The van der Waals surface area contributed by atoms with E-state index in [0.29, 0.717) is 5.69 Å².